The molecule has 0 radical (unpaired) electrons. The number of amides is 1. The molecule has 4 nitrogen and oxygen atoms in total. The lowest BCUT2D eigenvalue weighted by molar-refractivity contribution is 0.0759. The molecule has 1 aliphatic carbocycles. The predicted molar refractivity (Wildman–Crippen MR) is 111 cm³/mol. The third-order valence-corrected chi connectivity index (χ3v) is 5.65. The summed E-state index contributed by atoms with van der Waals surface area (Å²) in [4.78, 5) is 25.9. The molecule has 1 N–H and O–H groups in total. The smallest absolute Gasteiger partial charge is 0.407 e. The number of nitrogens with one attached hydrogen (secondary N) is 1. The molecule has 0 aliphatic heterocycles. The maximum atomic E-state index is 13.5. The lowest BCUT2D eigenvalue weighted by Crippen LogP contribution is -2.43. The van der Waals surface area contributed by atoms with Crippen LogP contribution >= 0.6 is 0 Å². The maximum Gasteiger partial charge on any atom is 0.407 e. The largest absolute Gasteiger partial charge is 0.445 e. The summed E-state index contributed by atoms with van der Waals surface area (Å²) in [6, 6.07) is 22.0. The number of alkyl carbamates (subject to hydrolysis) is 1. The van der Waals surface area contributed by atoms with Crippen molar-refractivity contribution >= 4 is 11.9 Å². The van der Waals surface area contributed by atoms with Crippen molar-refractivity contribution in [2.24, 2.45) is 5.41 Å². The lowest BCUT2D eigenvalue weighted by atomic mass is 9.75. The second-order valence-electron chi connectivity index (χ2n) is 7.77. The zero-order valence-corrected chi connectivity index (χ0v) is 16.6. The molecule has 0 aromatic heterocycles. The predicted octanol–water partition coefficient (Wildman–Crippen LogP) is 5.24. The molecule has 3 aromatic rings. The third kappa shape index (κ3) is 3.83. The number of ketones is 1. The second kappa shape index (κ2) is 8.11. The molecular weight excluding hydrogens is 381 g/mol. The lowest BCUT2D eigenvalue weighted by Gasteiger charge is -2.33. The summed E-state index contributed by atoms with van der Waals surface area (Å²) in [6.45, 7) is 1.95. The van der Waals surface area contributed by atoms with Crippen molar-refractivity contribution in [3.05, 3.63) is 107 Å². The fraction of sp³-hybridized carbons (Fsp3) is 0.200. The maximum absolute atomic E-state index is 13.5. The van der Waals surface area contributed by atoms with E-state index in [1.165, 1.54) is 12.1 Å². The van der Waals surface area contributed by atoms with E-state index in [1.807, 2.05) is 55.5 Å². The molecule has 0 saturated heterocycles. The number of carbonyl (C=O) groups excluding carboxylic acids is 2. The highest BCUT2D eigenvalue weighted by Crippen LogP contribution is 2.45. The van der Waals surface area contributed by atoms with E-state index in [0.717, 1.165) is 11.1 Å². The van der Waals surface area contributed by atoms with Crippen LogP contribution in [0.25, 0.3) is 0 Å². The normalized spacial score (nSPS) is 18.5. The number of carbonyl (C=O) groups is 2. The standard InChI is InChI=1S/C25H22FNO3/c1-25(15-19-9-5-6-10-21(19)23(25)28)22(18-11-13-20(26)14-12-18)27-24(29)30-16-17-7-3-2-4-8-17/h2-14,22H,15-16H2,1H3,(H,27,29)/t22-,25+/m0/s1. The summed E-state index contributed by atoms with van der Waals surface area (Å²) in [5.41, 5.74) is 2.20. The average molecular weight is 403 g/mol. The van der Waals surface area contributed by atoms with E-state index in [0.29, 0.717) is 17.5 Å². The van der Waals surface area contributed by atoms with Gasteiger partial charge in [0, 0.05) is 5.56 Å². The Bertz CT molecular complexity index is 1070. The molecule has 1 amide bonds. The van der Waals surface area contributed by atoms with E-state index in [-0.39, 0.29) is 18.2 Å². The van der Waals surface area contributed by atoms with Gasteiger partial charge >= 0.3 is 6.09 Å². The van der Waals surface area contributed by atoms with Gasteiger partial charge in [-0.15, -0.1) is 0 Å². The van der Waals surface area contributed by atoms with Crippen LogP contribution in [0.4, 0.5) is 9.18 Å². The van der Waals surface area contributed by atoms with E-state index in [9.17, 15) is 14.0 Å². The van der Waals surface area contributed by atoms with Gasteiger partial charge < -0.3 is 10.1 Å². The Morgan fingerprint density at radius 2 is 1.70 bits per heavy atom. The molecule has 0 fully saturated rings. The van der Waals surface area contributed by atoms with Crippen molar-refractivity contribution in [1.29, 1.82) is 0 Å². The van der Waals surface area contributed by atoms with Crippen LogP contribution < -0.4 is 5.32 Å². The van der Waals surface area contributed by atoms with Gasteiger partial charge in [-0.2, -0.15) is 0 Å². The number of benzene rings is 3. The molecule has 0 spiro atoms. The van der Waals surface area contributed by atoms with Crippen LogP contribution in [0.3, 0.4) is 0 Å². The van der Waals surface area contributed by atoms with Crippen LogP contribution in [0, 0.1) is 11.2 Å². The topological polar surface area (TPSA) is 55.4 Å². The molecular formula is C25H22FNO3. The van der Waals surface area contributed by atoms with Crippen molar-refractivity contribution in [3.63, 3.8) is 0 Å². The Labute approximate surface area is 174 Å². The molecule has 1 aliphatic rings. The number of hydrogen-bond donors (Lipinski definition) is 1. The fourth-order valence-electron chi connectivity index (χ4n) is 4.06. The van der Waals surface area contributed by atoms with E-state index >= 15 is 0 Å². The Morgan fingerprint density at radius 1 is 1.03 bits per heavy atom. The molecule has 5 heteroatoms. The summed E-state index contributed by atoms with van der Waals surface area (Å²) in [6.07, 6.45) is -0.151. The average Bonchev–Trinajstić information content (AvgIpc) is 3.03. The first-order valence-electron chi connectivity index (χ1n) is 9.83. The van der Waals surface area contributed by atoms with Crippen molar-refractivity contribution in [3.8, 4) is 0 Å². The van der Waals surface area contributed by atoms with Gasteiger partial charge in [0.1, 0.15) is 12.4 Å². The van der Waals surface area contributed by atoms with Gasteiger partial charge in [-0.1, -0.05) is 66.7 Å². The number of rotatable bonds is 5. The van der Waals surface area contributed by atoms with Crippen LogP contribution in [-0.4, -0.2) is 11.9 Å². The monoisotopic (exact) mass is 403 g/mol. The molecule has 0 unspecified atom stereocenters. The molecule has 2 atom stereocenters. The minimum Gasteiger partial charge on any atom is -0.445 e. The van der Waals surface area contributed by atoms with Gasteiger partial charge in [-0.05, 0) is 42.2 Å². The van der Waals surface area contributed by atoms with Gasteiger partial charge in [0.2, 0.25) is 0 Å². The summed E-state index contributed by atoms with van der Waals surface area (Å²) >= 11 is 0. The number of ether oxygens (including phenoxy) is 1. The molecule has 3 aromatic carbocycles. The summed E-state index contributed by atoms with van der Waals surface area (Å²) in [5.74, 6) is -0.425. The minimum atomic E-state index is -0.909. The summed E-state index contributed by atoms with van der Waals surface area (Å²) < 4.78 is 18.9. The van der Waals surface area contributed by atoms with Gasteiger partial charge in [-0.3, -0.25) is 4.79 Å². The van der Waals surface area contributed by atoms with Crippen LogP contribution in [0.2, 0.25) is 0 Å². The highest BCUT2D eigenvalue weighted by Gasteiger charge is 2.48. The van der Waals surface area contributed by atoms with Gasteiger partial charge in [0.15, 0.2) is 5.78 Å². The van der Waals surface area contributed by atoms with Crippen molar-refractivity contribution in [2.45, 2.75) is 26.0 Å². The Kier molecular flexibility index (Phi) is 5.36. The van der Waals surface area contributed by atoms with E-state index < -0.39 is 17.6 Å². The Balaban J connectivity index is 1.60. The van der Waals surface area contributed by atoms with Gasteiger partial charge in [0.05, 0.1) is 11.5 Å². The first-order chi connectivity index (χ1) is 14.5. The molecule has 30 heavy (non-hydrogen) atoms. The zero-order chi connectivity index (χ0) is 21.1. The number of Topliss-reactive ketones (excluding diaryl/α,β-unsaturated/α-hetero) is 1. The molecule has 4 rings (SSSR count). The SMILES string of the molecule is C[C@]1([C@@H](NC(=O)OCc2ccccc2)c2ccc(F)cc2)Cc2ccccc2C1=O. The van der Waals surface area contributed by atoms with Crippen LogP contribution in [0.1, 0.15) is 40.0 Å². The zero-order valence-electron chi connectivity index (χ0n) is 16.6. The third-order valence-electron chi connectivity index (χ3n) is 5.65. The van der Waals surface area contributed by atoms with Crippen molar-refractivity contribution in [1.82, 2.24) is 5.32 Å². The highest BCUT2D eigenvalue weighted by molar-refractivity contribution is 6.05. The Morgan fingerprint density at radius 3 is 2.40 bits per heavy atom. The van der Waals surface area contributed by atoms with Crippen LogP contribution in [-0.2, 0) is 17.8 Å². The van der Waals surface area contributed by atoms with Crippen LogP contribution in [0.5, 0.6) is 0 Å². The van der Waals surface area contributed by atoms with Crippen LogP contribution in [0.15, 0.2) is 78.9 Å². The molecule has 0 heterocycles. The fourth-order valence-corrected chi connectivity index (χ4v) is 4.06. The highest BCUT2D eigenvalue weighted by atomic mass is 19.1. The van der Waals surface area contributed by atoms with Gasteiger partial charge in [0.25, 0.3) is 0 Å². The van der Waals surface area contributed by atoms with Crippen molar-refractivity contribution in [2.75, 3.05) is 0 Å². The summed E-state index contributed by atoms with van der Waals surface area (Å²) in [7, 11) is 0. The number of fused-ring (bicyclic) bond motifs is 1. The first-order valence-corrected chi connectivity index (χ1v) is 9.83. The Hall–Kier alpha value is -3.47. The van der Waals surface area contributed by atoms with Crippen molar-refractivity contribution < 1.29 is 18.7 Å². The van der Waals surface area contributed by atoms with E-state index in [4.69, 9.17) is 4.74 Å². The molecule has 152 valence electrons. The number of halogens is 1. The molecule has 0 bridgehead atoms. The molecule has 0 saturated carbocycles. The number of hydrogen-bond acceptors (Lipinski definition) is 3. The van der Waals surface area contributed by atoms with E-state index in [2.05, 4.69) is 5.32 Å². The van der Waals surface area contributed by atoms with Gasteiger partial charge in [-0.25, -0.2) is 9.18 Å². The quantitative estimate of drug-likeness (QED) is 0.634. The first kappa shape index (κ1) is 19.8. The minimum absolute atomic E-state index is 0.0456. The summed E-state index contributed by atoms with van der Waals surface area (Å²) in [5, 5.41) is 2.87. The second-order valence-corrected chi connectivity index (χ2v) is 7.77. The van der Waals surface area contributed by atoms with E-state index in [1.54, 1.807) is 18.2 Å².